The average Bonchev–Trinajstić information content (AvgIpc) is 3.03. The maximum Gasteiger partial charge on any atom is 0.126 e. The van der Waals surface area contributed by atoms with Crippen molar-refractivity contribution in [3.8, 4) is 0 Å². The molecular formula is C17H17F2N3O. The number of benzene rings is 2. The minimum atomic E-state index is -1.39. The van der Waals surface area contributed by atoms with Gasteiger partial charge >= 0.3 is 0 Å². The third-order valence-electron chi connectivity index (χ3n) is 3.84. The molecule has 0 saturated carbocycles. The summed E-state index contributed by atoms with van der Waals surface area (Å²) in [5, 5.41) is 12.8. The Bertz CT molecular complexity index is 705. The van der Waals surface area contributed by atoms with Gasteiger partial charge in [-0.1, -0.05) is 30.3 Å². The van der Waals surface area contributed by atoms with E-state index in [1.165, 1.54) is 30.3 Å². The van der Waals surface area contributed by atoms with E-state index in [0.717, 1.165) is 0 Å². The van der Waals surface area contributed by atoms with Gasteiger partial charge in [0.05, 0.1) is 6.54 Å². The zero-order valence-corrected chi connectivity index (χ0v) is 12.4. The fraction of sp³-hybridized carbons (Fsp3) is 0.235. The summed E-state index contributed by atoms with van der Waals surface area (Å²) >= 11 is 0. The molecule has 23 heavy (non-hydrogen) atoms. The van der Waals surface area contributed by atoms with Gasteiger partial charge in [0.25, 0.3) is 0 Å². The Balaban J connectivity index is 1.93. The fourth-order valence-corrected chi connectivity index (χ4v) is 2.66. The monoisotopic (exact) mass is 317 g/mol. The van der Waals surface area contributed by atoms with Gasteiger partial charge in [-0.15, -0.1) is 0 Å². The predicted molar refractivity (Wildman–Crippen MR) is 83.6 cm³/mol. The summed E-state index contributed by atoms with van der Waals surface area (Å²) < 4.78 is 27.2. The van der Waals surface area contributed by atoms with Crippen LogP contribution in [0, 0.1) is 11.6 Å². The van der Waals surface area contributed by atoms with E-state index in [0.29, 0.717) is 17.8 Å². The molecule has 1 aliphatic heterocycles. The molecule has 2 aromatic carbocycles. The van der Waals surface area contributed by atoms with E-state index in [-0.39, 0.29) is 24.6 Å². The molecule has 2 aromatic rings. The number of β-amino-alcohol motifs (C(OH)–C–C–N with tert-alkyl or cyclic N) is 1. The smallest absolute Gasteiger partial charge is 0.126 e. The summed E-state index contributed by atoms with van der Waals surface area (Å²) in [4.78, 5) is 4.03. The minimum Gasteiger partial charge on any atom is -0.383 e. The number of aliphatic imine (C=N–C) groups is 1. The number of hydrazine groups is 1. The zero-order valence-electron chi connectivity index (χ0n) is 12.4. The van der Waals surface area contributed by atoms with Crippen molar-refractivity contribution in [2.45, 2.75) is 12.0 Å². The van der Waals surface area contributed by atoms with Crippen molar-refractivity contribution in [3.05, 3.63) is 71.3 Å². The SMILES string of the molecule is OC(Cc1ccccc1F)(CN1C=NCN1)c1ccc(F)cc1. The van der Waals surface area contributed by atoms with Crippen LogP contribution in [0.1, 0.15) is 11.1 Å². The molecule has 1 heterocycles. The number of nitrogens with one attached hydrogen (secondary N) is 1. The molecule has 4 nitrogen and oxygen atoms in total. The molecule has 1 aliphatic rings. The van der Waals surface area contributed by atoms with Crippen LogP contribution in [-0.2, 0) is 12.0 Å². The summed E-state index contributed by atoms with van der Waals surface area (Å²) in [5.41, 5.74) is 2.50. The number of aliphatic hydroxyl groups is 1. The number of hydrogen-bond donors (Lipinski definition) is 2. The van der Waals surface area contributed by atoms with Crippen LogP contribution >= 0.6 is 0 Å². The van der Waals surface area contributed by atoms with Gasteiger partial charge in [0.15, 0.2) is 0 Å². The first-order valence-electron chi connectivity index (χ1n) is 7.29. The molecule has 0 amide bonds. The van der Waals surface area contributed by atoms with Gasteiger partial charge in [-0.2, -0.15) is 0 Å². The third-order valence-corrected chi connectivity index (χ3v) is 3.84. The van der Waals surface area contributed by atoms with Crippen molar-refractivity contribution >= 4 is 6.34 Å². The van der Waals surface area contributed by atoms with E-state index in [9.17, 15) is 13.9 Å². The van der Waals surface area contributed by atoms with Crippen molar-refractivity contribution < 1.29 is 13.9 Å². The molecule has 6 heteroatoms. The summed E-state index contributed by atoms with van der Waals surface area (Å²) in [6.07, 6.45) is 1.65. The third kappa shape index (κ3) is 3.55. The van der Waals surface area contributed by atoms with Crippen LogP contribution in [0.3, 0.4) is 0 Å². The standard InChI is InChI=1S/C17H17F2N3O/c18-15-7-5-14(6-8-15)17(23,10-22-12-20-11-21-22)9-13-3-1-2-4-16(13)19/h1-8,12,21,23H,9-11H2. The van der Waals surface area contributed by atoms with Crippen molar-refractivity contribution in [1.29, 1.82) is 0 Å². The molecule has 2 N–H and O–H groups in total. The normalized spacial score (nSPS) is 16.6. The lowest BCUT2D eigenvalue weighted by molar-refractivity contribution is 0.00879. The van der Waals surface area contributed by atoms with Crippen LogP contribution in [-0.4, -0.2) is 29.7 Å². The van der Waals surface area contributed by atoms with E-state index in [2.05, 4.69) is 10.4 Å². The highest BCUT2D eigenvalue weighted by molar-refractivity contribution is 5.56. The van der Waals surface area contributed by atoms with Crippen LogP contribution in [0.5, 0.6) is 0 Å². The highest BCUT2D eigenvalue weighted by Crippen LogP contribution is 2.28. The van der Waals surface area contributed by atoms with Gasteiger partial charge in [-0.05, 0) is 29.3 Å². The van der Waals surface area contributed by atoms with Crippen LogP contribution < -0.4 is 5.43 Å². The Hall–Kier alpha value is -2.31. The highest BCUT2D eigenvalue weighted by Gasteiger charge is 2.33. The lowest BCUT2D eigenvalue weighted by Crippen LogP contribution is -2.45. The quantitative estimate of drug-likeness (QED) is 0.889. The molecule has 1 unspecified atom stereocenters. The Kier molecular flexibility index (Phi) is 4.36. The van der Waals surface area contributed by atoms with Crippen LogP contribution in [0.25, 0.3) is 0 Å². The van der Waals surface area contributed by atoms with Crippen molar-refractivity contribution in [2.75, 3.05) is 13.2 Å². The Morgan fingerprint density at radius 2 is 1.87 bits per heavy atom. The van der Waals surface area contributed by atoms with Crippen molar-refractivity contribution in [2.24, 2.45) is 4.99 Å². The predicted octanol–water partition coefficient (Wildman–Crippen LogP) is 2.20. The van der Waals surface area contributed by atoms with Gasteiger partial charge < -0.3 is 5.11 Å². The van der Waals surface area contributed by atoms with Gasteiger partial charge in [-0.3, -0.25) is 10.0 Å². The second-order valence-corrected chi connectivity index (χ2v) is 5.55. The van der Waals surface area contributed by atoms with Gasteiger partial charge in [-0.25, -0.2) is 14.2 Å². The Morgan fingerprint density at radius 3 is 2.52 bits per heavy atom. The van der Waals surface area contributed by atoms with Crippen LogP contribution in [0.2, 0.25) is 0 Å². The minimum absolute atomic E-state index is 0.0668. The van der Waals surface area contributed by atoms with E-state index < -0.39 is 5.60 Å². The lowest BCUT2D eigenvalue weighted by atomic mass is 9.86. The molecule has 0 aromatic heterocycles. The molecular weight excluding hydrogens is 300 g/mol. The molecule has 0 radical (unpaired) electrons. The maximum absolute atomic E-state index is 14.0. The summed E-state index contributed by atoms with van der Waals surface area (Å²) in [5.74, 6) is -0.765. The first-order chi connectivity index (χ1) is 11.1. The highest BCUT2D eigenvalue weighted by atomic mass is 19.1. The van der Waals surface area contributed by atoms with Crippen molar-refractivity contribution in [1.82, 2.24) is 10.4 Å². The second-order valence-electron chi connectivity index (χ2n) is 5.55. The Labute approximate surface area is 133 Å². The zero-order chi connectivity index (χ0) is 16.3. The number of rotatable bonds is 5. The number of nitrogens with zero attached hydrogens (tertiary/aromatic N) is 2. The summed E-state index contributed by atoms with van der Waals surface area (Å²) in [6, 6.07) is 11.9. The van der Waals surface area contributed by atoms with E-state index in [4.69, 9.17) is 0 Å². The first kappa shape index (κ1) is 15.6. The van der Waals surface area contributed by atoms with E-state index >= 15 is 0 Å². The fourth-order valence-electron chi connectivity index (χ4n) is 2.66. The van der Waals surface area contributed by atoms with Gasteiger partial charge in [0.2, 0.25) is 0 Å². The molecule has 0 aliphatic carbocycles. The van der Waals surface area contributed by atoms with E-state index in [1.807, 2.05) is 0 Å². The largest absolute Gasteiger partial charge is 0.383 e. The summed E-state index contributed by atoms with van der Waals surface area (Å²) in [6.45, 7) is 0.593. The first-order valence-corrected chi connectivity index (χ1v) is 7.29. The van der Waals surface area contributed by atoms with Gasteiger partial charge in [0, 0.05) is 6.42 Å². The molecule has 120 valence electrons. The van der Waals surface area contributed by atoms with E-state index in [1.54, 1.807) is 29.5 Å². The molecule has 0 fully saturated rings. The van der Waals surface area contributed by atoms with Crippen molar-refractivity contribution in [3.63, 3.8) is 0 Å². The second kappa shape index (κ2) is 6.44. The molecule has 0 bridgehead atoms. The molecule has 0 saturated heterocycles. The Morgan fingerprint density at radius 1 is 1.13 bits per heavy atom. The van der Waals surface area contributed by atoms with Gasteiger partial charge in [0.1, 0.15) is 30.2 Å². The molecule has 0 spiro atoms. The number of hydrogen-bond acceptors (Lipinski definition) is 4. The summed E-state index contributed by atoms with van der Waals surface area (Å²) in [7, 11) is 0. The molecule has 3 rings (SSSR count). The number of halogens is 2. The average molecular weight is 317 g/mol. The molecule has 1 atom stereocenters. The van der Waals surface area contributed by atoms with Crippen LogP contribution in [0.15, 0.2) is 53.5 Å². The maximum atomic E-state index is 14.0. The van der Waals surface area contributed by atoms with Crippen LogP contribution in [0.4, 0.5) is 8.78 Å². The lowest BCUT2D eigenvalue weighted by Gasteiger charge is -2.32. The topological polar surface area (TPSA) is 47.9 Å².